The smallest absolute Gasteiger partial charge is 0.258 e. The van der Waals surface area contributed by atoms with E-state index < -0.39 is 0 Å². The minimum atomic E-state index is -0.264. The molecular weight excluding hydrogens is 238 g/mol. The molecule has 1 heterocycles. The van der Waals surface area contributed by atoms with E-state index in [1.165, 1.54) is 35.5 Å². The van der Waals surface area contributed by atoms with Gasteiger partial charge in [0.1, 0.15) is 0 Å². The second-order valence-electron chi connectivity index (χ2n) is 4.87. The van der Waals surface area contributed by atoms with Gasteiger partial charge in [-0.2, -0.15) is 0 Å². The number of hydrogen-bond acceptors (Lipinski definition) is 2. The molecule has 0 spiro atoms. The van der Waals surface area contributed by atoms with E-state index in [9.17, 15) is 9.59 Å². The molecule has 1 aliphatic heterocycles. The molecule has 3 nitrogen and oxygen atoms in total. The molecular formula is C16H15NO2. The molecule has 3 heteroatoms. The number of hydrogen-bond donors (Lipinski definition) is 0. The van der Waals surface area contributed by atoms with Gasteiger partial charge in [-0.15, -0.1) is 0 Å². The van der Waals surface area contributed by atoms with Crippen LogP contribution in [0, 0.1) is 0 Å². The Kier molecular flexibility index (Phi) is 3.03. The number of imide groups is 1. The highest BCUT2D eigenvalue weighted by Crippen LogP contribution is 2.29. The monoisotopic (exact) mass is 253 g/mol. The number of benzene rings is 1. The lowest BCUT2D eigenvalue weighted by Crippen LogP contribution is -2.29. The first kappa shape index (κ1) is 11.9. The lowest BCUT2D eigenvalue weighted by Gasteiger charge is -2.17. The summed E-state index contributed by atoms with van der Waals surface area (Å²) in [6.45, 7) is 0. The highest BCUT2D eigenvalue weighted by molar-refractivity contribution is 6.28. The second-order valence-corrected chi connectivity index (χ2v) is 4.87. The third-order valence-corrected chi connectivity index (χ3v) is 3.58. The first-order valence-electron chi connectivity index (χ1n) is 6.61. The van der Waals surface area contributed by atoms with Crippen molar-refractivity contribution in [1.82, 2.24) is 0 Å². The Morgan fingerprint density at radius 3 is 2.47 bits per heavy atom. The van der Waals surface area contributed by atoms with Crippen molar-refractivity contribution in [2.75, 3.05) is 4.90 Å². The molecule has 3 rings (SSSR count). The largest absolute Gasteiger partial charge is 0.269 e. The quantitative estimate of drug-likeness (QED) is 0.759. The Hall–Kier alpha value is -2.16. The van der Waals surface area contributed by atoms with Gasteiger partial charge in [-0.3, -0.25) is 9.59 Å². The molecule has 0 radical (unpaired) electrons. The molecule has 1 aliphatic carbocycles. The van der Waals surface area contributed by atoms with Crippen molar-refractivity contribution in [3.63, 3.8) is 0 Å². The highest BCUT2D eigenvalue weighted by Gasteiger charge is 2.25. The van der Waals surface area contributed by atoms with Gasteiger partial charge in [-0.05, 0) is 49.0 Å². The minimum Gasteiger partial charge on any atom is -0.269 e. The van der Waals surface area contributed by atoms with E-state index in [0.29, 0.717) is 5.69 Å². The van der Waals surface area contributed by atoms with Gasteiger partial charge >= 0.3 is 0 Å². The Balaban J connectivity index is 1.94. The fraction of sp³-hybridized carbons (Fsp3) is 0.250. The Morgan fingerprint density at radius 2 is 1.79 bits per heavy atom. The van der Waals surface area contributed by atoms with Crippen molar-refractivity contribution < 1.29 is 9.59 Å². The maximum absolute atomic E-state index is 11.7. The third-order valence-electron chi connectivity index (χ3n) is 3.58. The number of amides is 2. The average molecular weight is 253 g/mol. The molecule has 96 valence electrons. The van der Waals surface area contributed by atoms with Crippen LogP contribution >= 0.6 is 0 Å². The van der Waals surface area contributed by atoms with Crippen LogP contribution in [0.4, 0.5) is 5.69 Å². The van der Waals surface area contributed by atoms with Crippen LogP contribution in [0.2, 0.25) is 0 Å². The molecule has 0 N–H and O–H groups in total. The van der Waals surface area contributed by atoms with Crippen LogP contribution in [0.1, 0.15) is 31.2 Å². The summed E-state index contributed by atoms with van der Waals surface area (Å²) in [5.41, 5.74) is 3.09. The number of carbonyl (C=O) groups excluding carboxylic acids is 2. The van der Waals surface area contributed by atoms with Crippen LogP contribution in [0.15, 0.2) is 42.5 Å². The van der Waals surface area contributed by atoms with Gasteiger partial charge in [0.15, 0.2) is 0 Å². The van der Waals surface area contributed by atoms with Crippen molar-refractivity contribution in [3.8, 4) is 0 Å². The summed E-state index contributed by atoms with van der Waals surface area (Å²) >= 11 is 0. The van der Waals surface area contributed by atoms with Crippen molar-refractivity contribution in [2.45, 2.75) is 25.7 Å². The maximum atomic E-state index is 11.7. The van der Waals surface area contributed by atoms with E-state index in [1.807, 2.05) is 18.2 Å². The van der Waals surface area contributed by atoms with Gasteiger partial charge in [-0.1, -0.05) is 18.2 Å². The fourth-order valence-corrected chi connectivity index (χ4v) is 2.60. The summed E-state index contributed by atoms with van der Waals surface area (Å²) in [5.74, 6) is -0.528. The number of nitrogens with zero attached hydrogens (tertiary/aromatic N) is 1. The molecule has 0 aromatic heterocycles. The van der Waals surface area contributed by atoms with E-state index in [1.54, 1.807) is 6.07 Å². The van der Waals surface area contributed by atoms with Gasteiger partial charge in [0, 0.05) is 12.2 Å². The summed E-state index contributed by atoms with van der Waals surface area (Å²) in [7, 11) is 0. The molecule has 19 heavy (non-hydrogen) atoms. The third kappa shape index (κ3) is 2.24. The van der Waals surface area contributed by atoms with E-state index in [0.717, 1.165) is 18.4 Å². The van der Waals surface area contributed by atoms with E-state index in [2.05, 4.69) is 6.08 Å². The van der Waals surface area contributed by atoms with E-state index >= 15 is 0 Å². The Labute approximate surface area is 112 Å². The topological polar surface area (TPSA) is 37.4 Å². The van der Waals surface area contributed by atoms with Crippen LogP contribution in [0.25, 0.3) is 5.57 Å². The molecule has 1 aromatic carbocycles. The number of allylic oxidation sites excluding steroid dienone is 2. The van der Waals surface area contributed by atoms with Crippen LogP contribution in [0.5, 0.6) is 0 Å². The molecule has 0 bridgehead atoms. The van der Waals surface area contributed by atoms with Gasteiger partial charge in [-0.25, -0.2) is 4.90 Å². The summed E-state index contributed by atoms with van der Waals surface area (Å²) in [5, 5.41) is 0. The first-order valence-corrected chi connectivity index (χ1v) is 6.61. The zero-order valence-electron chi connectivity index (χ0n) is 10.6. The van der Waals surface area contributed by atoms with Gasteiger partial charge in [0.05, 0.1) is 5.69 Å². The second kappa shape index (κ2) is 4.84. The molecule has 2 aliphatic rings. The van der Waals surface area contributed by atoms with Crippen LogP contribution in [-0.2, 0) is 9.59 Å². The number of anilines is 1. The Morgan fingerprint density at radius 1 is 1.00 bits per heavy atom. The minimum absolute atomic E-state index is 0.264. The van der Waals surface area contributed by atoms with Crippen LogP contribution in [0.3, 0.4) is 0 Å². The predicted octanol–water partition coefficient (Wildman–Crippen LogP) is 3.07. The van der Waals surface area contributed by atoms with Gasteiger partial charge < -0.3 is 0 Å². The lowest BCUT2D eigenvalue weighted by molar-refractivity contribution is -0.119. The van der Waals surface area contributed by atoms with Crippen LogP contribution < -0.4 is 4.90 Å². The van der Waals surface area contributed by atoms with Crippen molar-refractivity contribution in [3.05, 3.63) is 48.1 Å². The van der Waals surface area contributed by atoms with E-state index in [-0.39, 0.29) is 11.8 Å². The standard InChI is InChI=1S/C16H15NO2/c18-15-9-10-16(19)17(15)14-8-4-7-13(11-14)12-5-2-1-3-6-12/h4-5,7-11H,1-3,6H2. The van der Waals surface area contributed by atoms with E-state index in [4.69, 9.17) is 0 Å². The first-order chi connectivity index (χ1) is 9.25. The molecule has 0 saturated carbocycles. The predicted molar refractivity (Wildman–Crippen MR) is 74.5 cm³/mol. The number of rotatable bonds is 2. The lowest BCUT2D eigenvalue weighted by atomic mass is 9.93. The maximum Gasteiger partial charge on any atom is 0.258 e. The van der Waals surface area contributed by atoms with Crippen molar-refractivity contribution >= 4 is 23.1 Å². The summed E-state index contributed by atoms with van der Waals surface area (Å²) in [4.78, 5) is 24.6. The van der Waals surface area contributed by atoms with Gasteiger partial charge in [0.25, 0.3) is 11.8 Å². The summed E-state index contributed by atoms with van der Waals surface area (Å²) in [6, 6.07) is 7.67. The Bertz CT molecular complexity index is 581. The van der Waals surface area contributed by atoms with Crippen molar-refractivity contribution in [1.29, 1.82) is 0 Å². The average Bonchev–Trinajstić information content (AvgIpc) is 2.79. The zero-order chi connectivity index (χ0) is 13.2. The van der Waals surface area contributed by atoms with Gasteiger partial charge in [0.2, 0.25) is 0 Å². The zero-order valence-corrected chi connectivity index (χ0v) is 10.6. The fourth-order valence-electron chi connectivity index (χ4n) is 2.60. The van der Waals surface area contributed by atoms with Crippen molar-refractivity contribution in [2.24, 2.45) is 0 Å². The SMILES string of the molecule is O=C1C=CC(=O)N1c1cccc(C2=CCCCC2)c1. The normalized spacial score (nSPS) is 18.9. The molecule has 1 aromatic rings. The highest BCUT2D eigenvalue weighted by atomic mass is 16.2. The molecule has 0 fully saturated rings. The van der Waals surface area contributed by atoms with Crippen LogP contribution in [-0.4, -0.2) is 11.8 Å². The molecule has 0 unspecified atom stereocenters. The molecule has 2 amide bonds. The summed E-state index contributed by atoms with van der Waals surface area (Å²) in [6.07, 6.45) is 9.53. The molecule has 0 atom stereocenters. The number of carbonyl (C=O) groups is 2. The molecule has 0 saturated heterocycles. The summed E-state index contributed by atoms with van der Waals surface area (Å²) < 4.78 is 0.